The first-order valence-corrected chi connectivity index (χ1v) is 6.19. The molecule has 0 atom stereocenters. The number of nitrogens with one attached hydrogen (secondary N) is 1. The van der Waals surface area contributed by atoms with Crippen LogP contribution in [0.4, 0.5) is 8.78 Å². The fourth-order valence-electron chi connectivity index (χ4n) is 1.53. The Morgan fingerprint density at radius 3 is 2.37 bits per heavy atom. The highest BCUT2D eigenvalue weighted by atomic mass is 79.9. The van der Waals surface area contributed by atoms with Gasteiger partial charge in [-0.3, -0.25) is 9.78 Å². The quantitative estimate of drug-likeness (QED) is 0.941. The molecule has 0 aliphatic heterocycles. The van der Waals surface area contributed by atoms with Gasteiger partial charge in [-0.05, 0) is 29.8 Å². The second kappa shape index (κ2) is 5.88. The number of hydrogen-bond acceptors (Lipinski definition) is 2. The third kappa shape index (κ3) is 3.35. The van der Waals surface area contributed by atoms with Gasteiger partial charge in [0.15, 0.2) is 0 Å². The van der Waals surface area contributed by atoms with Crippen LogP contribution >= 0.6 is 15.9 Å². The highest BCUT2D eigenvalue weighted by Gasteiger charge is 2.17. The highest BCUT2D eigenvalue weighted by molar-refractivity contribution is 9.10. The molecule has 2 aromatic rings. The molecule has 0 saturated carbocycles. The first-order valence-electron chi connectivity index (χ1n) is 5.39. The van der Waals surface area contributed by atoms with Crippen LogP contribution in [-0.2, 0) is 6.54 Å². The van der Waals surface area contributed by atoms with Crippen LogP contribution in [0.5, 0.6) is 0 Å². The topological polar surface area (TPSA) is 42.0 Å². The van der Waals surface area contributed by atoms with Crippen LogP contribution in [0, 0.1) is 11.6 Å². The minimum absolute atomic E-state index is 0.177. The number of aromatic nitrogens is 1. The van der Waals surface area contributed by atoms with Crippen molar-refractivity contribution in [2.24, 2.45) is 0 Å². The highest BCUT2D eigenvalue weighted by Crippen LogP contribution is 2.19. The van der Waals surface area contributed by atoms with Crippen molar-refractivity contribution >= 4 is 21.8 Å². The molecule has 0 fully saturated rings. The number of carbonyl (C=O) groups excluding carboxylic acids is 1. The average Bonchev–Trinajstić information content (AvgIpc) is 2.36. The number of halogens is 3. The lowest BCUT2D eigenvalue weighted by molar-refractivity contribution is 0.0942. The molecule has 1 aromatic carbocycles. The first-order chi connectivity index (χ1) is 9.08. The van der Waals surface area contributed by atoms with Crippen molar-refractivity contribution in [3.63, 3.8) is 0 Å². The third-order valence-electron chi connectivity index (χ3n) is 2.44. The Hall–Kier alpha value is -1.82. The normalized spacial score (nSPS) is 10.3. The van der Waals surface area contributed by atoms with Crippen LogP contribution in [0.25, 0.3) is 0 Å². The molecule has 0 aliphatic carbocycles. The van der Waals surface area contributed by atoms with Gasteiger partial charge in [-0.1, -0.05) is 15.9 Å². The predicted molar refractivity (Wildman–Crippen MR) is 69.5 cm³/mol. The second-order valence-electron chi connectivity index (χ2n) is 3.78. The Kier molecular flexibility index (Phi) is 4.21. The Morgan fingerprint density at radius 1 is 1.21 bits per heavy atom. The van der Waals surface area contributed by atoms with Gasteiger partial charge in [0, 0.05) is 23.4 Å². The van der Waals surface area contributed by atoms with Crippen LogP contribution in [0.2, 0.25) is 0 Å². The zero-order valence-corrected chi connectivity index (χ0v) is 11.2. The molecule has 1 amide bonds. The van der Waals surface area contributed by atoms with Gasteiger partial charge >= 0.3 is 0 Å². The van der Waals surface area contributed by atoms with Gasteiger partial charge in [0.1, 0.15) is 17.2 Å². The van der Waals surface area contributed by atoms with Crippen LogP contribution in [0.3, 0.4) is 0 Å². The van der Waals surface area contributed by atoms with Gasteiger partial charge in [-0.2, -0.15) is 0 Å². The van der Waals surface area contributed by atoms with Crippen molar-refractivity contribution in [1.29, 1.82) is 0 Å². The molecule has 0 saturated heterocycles. The Morgan fingerprint density at radius 2 is 1.79 bits per heavy atom. The van der Waals surface area contributed by atoms with Gasteiger partial charge in [-0.25, -0.2) is 8.78 Å². The molecule has 1 N–H and O–H groups in total. The van der Waals surface area contributed by atoms with Crippen LogP contribution in [0.15, 0.2) is 41.1 Å². The lowest BCUT2D eigenvalue weighted by atomic mass is 10.1. The Labute approximate surface area is 116 Å². The fraction of sp³-hybridized carbons (Fsp3) is 0.0769. The molecule has 0 radical (unpaired) electrons. The molecule has 3 nitrogen and oxygen atoms in total. The minimum atomic E-state index is -0.904. The molecule has 2 rings (SSSR count). The lowest BCUT2D eigenvalue weighted by Crippen LogP contribution is -2.25. The van der Waals surface area contributed by atoms with E-state index in [1.165, 1.54) is 0 Å². The molecule has 98 valence electrons. The summed E-state index contributed by atoms with van der Waals surface area (Å²) < 4.78 is 27.3. The van der Waals surface area contributed by atoms with Crippen LogP contribution in [-0.4, -0.2) is 10.9 Å². The van der Waals surface area contributed by atoms with E-state index in [2.05, 4.69) is 26.2 Å². The van der Waals surface area contributed by atoms with Crippen molar-refractivity contribution < 1.29 is 13.6 Å². The molecule has 19 heavy (non-hydrogen) atoms. The molecule has 0 bridgehead atoms. The maximum Gasteiger partial charge on any atom is 0.257 e. The Balaban J connectivity index is 2.13. The maximum absolute atomic E-state index is 13.5. The fourth-order valence-corrected chi connectivity index (χ4v) is 1.93. The van der Waals surface area contributed by atoms with Gasteiger partial charge in [0.05, 0.1) is 0 Å². The zero-order valence-electron chi connectivity index (χ0n) is 9.66. The monoisotopic (exact) mass is 326 g/mol. The summed E-state index contributed by atoms with van der Waals surface area (Å²) in [6.45, 7) is 0.177. The summed E-state index contributed by atoms with van der Waals surface area (Å²) in [4.78, 5) is 15.6. The second-order valence-corrected chi connectivity index (χ2v) is 4.70. The van der Waals surface area contributed by atoms with E-state index in [9.17, 15) is 13.6 Å². The number of amides is 1. The van der Waals surface area contributed by atoms with E-state index in [0.29, 0.717) is 0 Å². The summed E-state index contributed by atoms with van der Waals surface area (Å²) >= 11 is 2.95. The van der Waals surface area contributed by atoms with Crippen molar-refractivity contribution in [3.05, 3.63) is 63.9 Å². The number of nitrogens with zero attached hydrogens (tertiary/aromatic N) is 1. The molecule has 6 heteroatoms. The van der Waals surface area contributed by atoms with Crippen molar-refractivity contribution in [1.82, 2.24) is 10.3 Å². The molecule has 0 spiro atoms. The minimum Gasteiger partial charge on any atom is -0.348 e. The van der Waals surface area contributed by atoms with E-state index < -0.39 is 23.1 Å². The summed E-state index contributed by atoms with van der Waals surface area (Å²) in [6.07, 6.45) is 3.14. The SMILES string of the molecule is O=C(NCc1ccncc1)c1c(F)cc(Br)cc1F. The average molecular weight is 327 g/mol. The number of pyridine rings is 1. The third-order valence-corrected chi connectivity index (χ3v) is 2.89. The standard InChI is InChI=1S/C13H9BrF2N2O/c14-9-5-10(15)12(11(16)6-9)13(19)18-7-8-1-3-17-4-2-8/h1-6H,7H2,(H,18,19). The van der Waals surface area contributed by atoms with Crippen molar-refractivity contribution in [2.45, 2.75) is 6.54 Å². The number of hydrogen-bond donors (Lipinski definition) is 1. The van der Waals surface area contributed by atoms with Gasteiger partial charge in [0.2, 0.25) is 0 Å². The first kappa shape index (κ1) is 13.6. The van der Waals surface area contributed by atoms with Crippen molar-refractivity contribution in [3.8, 4) is 0 Å². The summed E-state index contributed by atoms with van der Waals surface area (Å²) in [5.74, 6) is -2.60. The van der Waals surface area contributed by atoms with Gasteiger partial charge in [-0.15, -0.1) is 0 Å². The molecule has 0 aliphatic rings. The molecular weight excluding hydrogens is 318 g/mol. The molecule has 1 aromatic heterocycles. The zero-order chi connectivity index (χ0) is 13.8. The van der Waals surface area contributed by atoms with E-state index in [4.69, 9.17) is 0 Å². The van der Waals surface area contributed by atoms with E-state index in [1.54, 1.807) is 24.5 Å². The summed E-state index contributed by atoms with van der Waals surface area (Å²) in [5, 5.41) is 2.45. The van der Waals surface area contributed by atoms with Gasteiger partial charge < -0.3 is 5.32 Å². The predicted octanol–water partition coefficient (Wildman–Crippen LogP) is 3.05. The smallest absolute Gasteiger partial charge is 0.257 e. The largest absolute Gasteiger partial charge is 0.348 e. The number of benzene rings is 1. The lowest BCUT2D eigenvalue weighted by Gasteiger charge is -2.07. The van der Waals surface area contributed by atoms with Crippen LogP contribution in [0.1, 0.15) is 15.9 Å². The molecule has 0 unspecified atom stereocenters. The maximum atomic E-state index is 13.5. The molecular formula is C13H9BrF2N2O. The summed E-state index contributed by atoms with van der Waals surface area (Å²) in [5.41, 5.74) is 0.207. The number of rotatable bonds is 3. The molecule has 1 heterocycles. The van der Waals surface area contributed by atoms with E-state index in [0.717, 1.165) is 17.7 Å². The van der Waals surface area contributed by atoms with E-state index >= 15 is 0 Å². The van der Waals surface area contributed by atoms with E-state index in [1.807, 2.05) is 0 Å². The van der Waals surface area contributed by atoms with E-state index in [-0.39, 0.29) is 11.0 Å². The Bertz CT molecular complexity index is 582. The number of carbonyl (C=O) groups is 1. The summed E-state index contributed by atoms with van der Waals surface area (Å²) in [6, 6.07) is 5.50. The van der Waals surface area contributed by atoms with Crippen molar-refractivity contribution in [2.75, 3.05) is 0 Å². The van der Waals surface area contributed by atoms with Crippen LogP contribution < -0.4 is 5.32 Å². The summed E-state index contributed by atoms with van der Waals surface area (Å²) in [7, 11) is 0. The van der Waals surface area contributed by atoms with Gasteiger partial charge in [0.25, 0.3) is 5.91 Å².